The van der Waals surface area contributed by atoms with E-state index in [9.17, 15) is 18.0 Å². The van der Waals surface area contributed by atoms with Crippen molar-refractivity contribution in [1.82, 2.24) is 4.98 Å². The number of rotatable bonds is 5. The Morgan fingerprint density at radius 2 is 1.33 bits per heavy atom. The number of carbonyl (C=O) groups excluding carboxylic acids is 1. The number of fused-ring (bicyclic) bond motifs is 1. The lowest BCUT2D eigenvalue weighted by Gasteiger charge is -2.12. The summed E-state index contributed by atoms with van der Waals surface area (Å²) in [6.07, 6.45) is -4.25. The molecule has 0 aliphatic heterocycles. The van der Waals surface area contributed by atoms with Gasteiger partial charge in [-0.05, 0) is 40.3 Å². The molecule has 4 aromatic carbocycles. The summed E-state index contributed by atoms with van der Waals surface area (Å²) in [5.74, 6) is 0.109. The van der Waals surface area contributed by atoms with Crippen molar-refractivity contribution in [2.45, 2.75) is 12.6 Å². The lowest BCUT2D eigenvalue weighted by atomic mass is 10.0. The minimum atomic E-state index is -4.41. The first-order valence-corrected chi connectivity index (χ1v) is 11.4. The first-order chi connectivity index (χ1) is 17.4. The minimum Gasteiger partial charge on any atom is -0.310 e. The second kappa shape index (κ2) is 9.66. The average molecular weight is 483 g/mol. The van der Waals surface area contributed by atoms with E-state index < -0.39 is 11.7 Å². The summed E-state index contributed by atoms with van der Waals surface area (Å²) in [7, 11) is 0. The highest BCUT2D eigenvalue weighted by molar-refractivity contribution is 5.99. The molecule has 1 amide bonds. The van der Waals surface area contributed by atoms with E-state index in [2.05, 4.69) is 10.3 Å². The van der Waals surface area contributed by atoms with Crippen LogP contribution in [0.2, 0.25) is 0 Å². The normalized spacial score (nSPS) is 11.4. The molecule has 0 aliphatic carbocycles. The summed E-state index contributed by atoms with van der Waals surface area (Å²) < 4.78 is 39.0. The van der Waals surface area contributed by atoms with Crippen LogP contribution in [0.1, 0.15) is 11.1 Å². The third kappa shape index (κ3) is 5.13. The van der Waals surface area contributed by atoms with E-state index >= 15 is 0 Å². The van der Waals surface area contributed by atoms with Gasteiger partial charge in [0.15, 0.2) is 0 Å². The lowest BCUT2D eigenvalue weighted by molar-refractivity contribution is -0.137. The highest BCUT2D eigenvalue weighted by atomic mass is 19.4. The number of aromatic nitrogens is 1. The molecule has 0 atom stereocenters. The fraction of sp³-hybridized carbons (Fsp3) is 0.0667. The Morgan fingerprint density at radius 1 is 0.722 bits per heavy atom. The van der Waals surface area contributed by atoms with Crippen molar-refractivity contribution >= 4 is 22.5 Å². The standard InChI is InChI=1S/C30H21F3N2O/c31-30(32,33)25-16-14-23(15-17-25)29-26-9-5-4-8-24(26)19-27(35-29)34-28(36)18-20-10-12-22(13-11-20)21-6-2-1-3-7-21/h1-17,19H,18H2,(H,34,35,36). The molecule has 0 saturated heterocycles. The molecule has 3 nitrogen and oxygen atoms in total. The maximum absolute atomic E-state index is 13.0. The first kappa shape index (κ1) is 23.3. The molecule has 5 rings (SSSR count). The number of anilines is 1. The lowest BCUT2D eigenvalue weighted by Crippen LogP contribution is -2.15. The molecule has 36 heavy (non-hydrogen) atoms. The number of carbonyl (C=O) groups is 1. The van der Waals surface area contributed by atoms with Gasteiger partial charge >= 0.3 is 6.18 Å². The van der Waals surface area contributed by atoms with Crippen LogP contribution in [-0.2, 0) is 17.4 Å². The SMILES string of the molecule is O=C(Cc1ccc(-c2ccccc2)cc1)Nc1cc2ccccc2c(-c2ccc(C(F)(F)F)cc2)n1. The molecular formula is C30H21F3N2O. The number of hydrogen-bond acceptors (Lipinski definition) is 2. The molecule has 0 unspecified atom stereocenters. The van der Waals surface area contributed by atoms with Crippen molar-refractivity contribution in [2.75, 3.05) is 5.32 Å². The van der Waals surface area contributed by atoms with E-state index in [1.165, 1.54) is 12.1 Å². The third-order valence-corrected chi connectivity index (χ3v) is 5.92. The Balaban J connectivity index is 1.38. The van der Waals surface area contributed by atoms with Crippen LogP contribution < -0.4 is 5.32 Å². The van der Waals surface area contributed by atoms with E-state index in [0.29, 0.717) is 17.1 Å². The van der Waals surface area contributed by atoms with Gasteiger partial charge in [-0.15, -0.1) is 0 Å². The summed E-state index contributed by atoms with van der Waals surface area (Å²) in [6, 6.07) is 31.9. The average Bonchev–Trinajstić information content (AvgIpc) is 2.89. The molecule has 0 aliphatic rings. The van der Waals surface area contributed by atoms with Gasteiger partial charge < -0.3 is 5.32 Å². The van der Waals surface area contributed by atoms with Crippen LogP contribution in [0.25, 0.3) is 33.2 Å². The molecule has 178 valence electrons. The zero-order valence-corrected chi connectivity index (χ0v) is 19.1. The zero-order valence-electron chi connectivity index (χ0n) is 19.1. The van der Waals surface area contributed by atoms with Gasteiger partial charge in [-0.2, -0.15) is 13.2 Å². The van der Waals surface area contributed by atoms with Gasteiger partial charge in [0.25, 0.3) is 0 Å². The smallest absolute Gasteiger partial charge is 0.310 e. The molecule has 1 aromatic heterocycles. The van der Waals surface area contributed by atoms with Crippen LogP contribution in [0.15, 0.2) is 109 Å². The predicted octanol–water partition coefficient (Wildman–Crippen LogP) is 7.77. The zero-order chi connectivity index (χ0) is 25.1. The molecular weight excluding hydrogens is 461 g/mol. The van der Waals surface area contributed by atoms with Gasteiger partial charge in [-0.25, -0.2) is 4.98 Å². The molecule has 6 heteroatoms. The Labute approximate surface area is 206 Å². The van der Waals surface area contributed by atoms with Crippen molar-refractivity contribution in [2.24, 2.45) is 0 Å². The Bertz CT molecular complexity index is 1510. The number of alkyl halides is 3. The van der Waals surface area contributed by atoms with Gasteiger partial charge in [0, 0.05) is 10.9 Å². The second-order valence-corrected chi connectivity index (χ2v) is 8.44. The fourth-order valence-corrected chi connectivity index (χ4v) is 4.12. The summed E-state index contributed by atoms with van der Waals surface area (Å²) >= 11 is 0. The summed E-state index contributed by atoms with van der Waals surface area (Å²) in [5, 5.41) is 4.45. The molecule has 0 bridgehead atoms. The number of pyridine rings is 1. The van der Waals surface area contributed by atoms with Crippen LogP contribution in [0.3, 0.4) is 0 Å². The predicted molar refractivity (Wildman–Crippen MR) is 136 cm³/mol. The highest BCUT2D eigenvalue weighted by Gasteiger charge is 2.30. The van der Waals surface area contributed by atoms with Crippen molar-refractivity contribution in [3.8, 4) is 22.4 Å². The molecule has 0 fully saturated rings. The number of amides is 1. The molecule has 1 N–H and O–H groups in total. The molecule has 0 spiro atoms. The van der Waals surface area contributed by atoms with Gasteiger partial charge in [0.2, 0.25) is 5.91 Å². The van der Waals surface area contributed by atoms with Crippen LogP contribution in [0.5, 0.6) is 0 Å². The monoisotopic (exact) mass is 482 g/mol. The largest absolute Gasteiger partial charge is 0.416 e. The van der Waals surface area contributed by atoms with Crippen LogP contribution >= 0.6 is 0 Å². The topological polar surface area (TPSA) is 42.0 Å². The van der Waals surface area contributed by atoms with E-state index in [-0.39, 0.29) is 12.3 Å². The first-order valence-electron chi connectivity index (χ1n) is 11.4. The molecule has 5 aromatic rings. The van der Waals surface area contributed by atoms with E-state index in [1.54, 1.807) is 6.07 Å². The number of nitrogens with one attached hydrogen (secondary N) is 1. The van der Waals surface area contributed by atoms with Gasteiger partial charge in [-0.1, -0.05) is 91.0 Å². The third-order valence-electron chi connectivity index (χ3n) is 5.92. The number of hydrogen-bond donors (Lipinski definition) is 1. The van der Waals surface area contributed by atoms with Gasteiger partial charge in [0.05, 0.1) is 17.7 Å². The maximum Gasteiger partial charge on any atom is 0.416 e. The summed E-state index contributed by atoms with van der Waals surface area (Å²) in [6.45, 7) is 0. The van der Waals surface area contributed by atoms with Crippen molar-refractivity contribution in [3.63, 3.8) is 0 Å². The summed E-state index contributed by atoms with van der Waals surface area (Å²) in [4.78, 5) is 17.4. The Morgan fingerprint density at radius 3 is 2.03 bits per heavy atom. The van der Waals surface area contributed by atoms with Crippen molar-refractivity contribution in [1.29, 1.82) is 0 Å². The fourth-order valence-electron chi connectivity index (χ4n) is 4.12. The Kier molecular flexibility index (Phi) is 6.25. The maximum atomic E-state index is 13.0. The summed E-state index contributed by atoms with van der Waals surface area (Å²) in [5.41, 5.74) is 3.34. The van der Waals surface area contributed by atoms with Crippen molar-refractivity contribution < 1.29 is 18.0 Å². The second-order valence-electron chi connectivity index (χ2n) is 8.44. The number of halogens is 3. The number of nitrogens with zero attached hydrogens (tertiary/aromatic N) is 1. The molecule has 1 heterocycles. The minimum absolute atomic E-state index is 0.166. The van der Waals surface area contributed by atoms with Gasteiger partial charge in [-0.3, -0.25) is 4.79 Å². The van der Waals surface area contributed by atoms with E-state index in [4.69, 9.17) is 0 Å². The van der Waals surface area contributed by atoms with E-state index in [1.807, 2.05) is 78.9 Å². The van der Waals surface area contributed by atoms with Crippen molar-refractivity contribution in [3.05, 3.63) is 120 Å². The van der Waals surface area contributed by atoms with Crippen LogP contribution in [0, 0.1) is 0 Å². The van der Waals surface area contributed by atoms with E-state index in [0.717, 1.165) is 39.6 Å². The van der Waals surface area contributed by atoms with Gasteiger partial charge in [0.1, 0.15) is 5.82 Å². The Hall–Kier alpha value is -4.45. The number of benzene rings is 4. The molecule has 0 radical (unpaired) electrons. The molecule has 0 saturated carbocycles. The highest BCUT2D eigenvalue weighted by Crippen LogP contribution is 2.33. The quantitative estimate of drug-likeness (QED) is 0.278. The van der Waals surface area contributed by atoms with Crippen LogP contribution in [0.4, 0.5) is 19.0 Å². The van der Waals surface area contributed by atoms with Crippen LogP contribution in [-0.4, -0.2) is 10.9 Å².